The normalized spacial score (nSPS) is 23.3. The maximum atomic E-state index is 12.8. The Morgan fingerprint density at radius 1 is 1.39 bits per heavy atom. The van der Waals surface area contributed by atoms with Gasteiger partial charge < -0.3 is 5.32 Å². The monoisotopic (exact) mass is 399 g/mol. The second kappa shape index (κ2) is 8.95. The van der Waals surface area contributed by atoms with Gasteiger partial charge in [0.2, 0.25) is 5.91 Å². The predicted octanol–water partition coefficient (Wildman–Crippen LogP) is 4.00. The van der Waals surface area contributed by atoms with Crippen molar-refractivity contribution in [2.24, 2.45) is 11.8 Å². The molecule has 1 aliphatic carbocycles. The quantitative estimate of drug-likeness (QED) is 0.453. The summed E-state index contributed by atoms with van der Waals surface area (Å²) in [6, 6.07) is 7.52. The molecule has 0 unspecified atom stereocenters. The lowest BCUT2D eigenvalue weighted by molar-refractivity contribution is -0.121. The third kappa shape index (κ3) is 4.32. The van der Waals surface area contributed by atoms with Crippen LogP contribution < -0.4 is 10.9 Å². The Bertz CT molecular complexity index is 924. The van der Waals surface area contributed by atoms with Crippen LogP contribution in [-0.2, 0) is 11.3 Å². The van der Waals surface area contributed by atoms with Crippen molar-refractivity contribution in [1.29, 1.82) is 0 Å². The summed E-state index contributed by atoms with van der Waals surface area (Å²) in [4.78, 5) is 30.3. The van der Waals surface area contributed by atoms with E-state index in [1.54, 1.807) is 16.7 Å². The molecular weight excluding hydrogens is 370 g/mol. The van der Waals surface area contributed by atoms with Crippen LogP contribution in [0.25, 0.3) is 10.9 Å². The molecule has 0 radical (unpaired) electrons. The van der Waals surface area contributed by atoms with Crippen molar-refractivity contribution in [3.8, 4) is 0 Å². The van der Waals surface area contributed by atoms with Gasteiger partial charge in [-0.05, 0) is 37.3 Å². The molecule has 1 saturated carbocycles. The fourth-order valence-corrected chi connectivity index (χ4v) is 4.75. The Hall–Kier alpha value is -2.08. The second-order valence-electron chi connectivity index (χ2n) is 7.76. The Morgan fingerprint density at radius 3 is 2.89 bits per heavy atom. The third-order valence-corrected chi connectivity index (χ3v) is 6.91. The van der Waals surface area contributed by atoms with Crippen LogP contribution in [0.2, 0.25) is 0 Å². The molecule has 6 heteroatoms. The standard InChI is InChI=1S/C22H29N3O2S/c1-5-13-25-21(27)17-10-6-7-11-19(17)24-22(25)28-16(4)20(26)23-18-12-8-9-14(2)15(18)3/h5-7,10-11,14-16,18H,1,8-9,12-13H2,2-4H3,(H,23,26)/t14-,15+,16+,18+/m0/s1. The van der Waals surface area contributed by atoms with Crippen LogP contribution in [0.15, 0.2) is 46.9 Å². The minimum Gasteiger partial charge on any atom is -0.352 e. The number of fused-ring (bicyclic) bond motifs is 1. The fourth-order valence-electron chi connectivity index (χ4n) is 3.83. The molecule has 0 saturated heterocycles. The number of nitrogens with zero attached hydrogens (tertiary/aromatic N) is 2. The lowest BCUT2D eigenvalue weighted by atomic mass is 9.78. The minimum absolute atomic E-state index is 0.00325. The lowest BCUT2D eigenvalue weighted by Crippen LogP contribution is -2.46. The summed E-state index contributed by atoms with van der Waals surface area (Å²) < 4.78 is 1.59. The van der Waals surface area contributed by atoms with Crippen molar-refractivity contribution in [1.82, 2.24) is 14.9 Å². The summed E-state index contributed by atoms with van der Waals surface area (Å²) in [7, 11) is 0. The van der Waals surface area contributed by atoms with Crippen molar-refractivity contribution in [3.05, 3.63) is 47.3 Å². The van der Waals surface area contributed by atoms with E-state index in [0.717, 1.165) is 12.8 Å². The highest BCUT2D eigenvalue weighted by molar-refractivity contribution is 8.00. The summed E-state index contributed by atoms with van der Waals surface area (Å²) in [6.07, 6.45) is 5.09. The minimum atomic E-state index is -0.339. The van der Waals surface area contributed by atoms with Crippen molar-refractivity contribution in [3.63, 3.8) is 0 Å². The number of rotatable bonds is 6. The third-order valence-electron chi connectivity index (χ3n) is 5.82. The molecule has 28 heavy (non-hydrogen) atoms. The Balaban J connectivity index is 1.81. The van der Waals surface area contributed by atoms with Crippen LogP contribution in [0.5, 0.6) is 0 Å². The molecule has 1 aliphatic rings. The molecular formula is C22H29N3O2S. The number of aromatic nitrogens is 2. The zero-order valence-electron chi connectivity index (χ0n) is 16.9. The number of hydrogen-bond acceptors (Lipinski definition) is 4. The summed E-state index contributed by atoms with van der Waals surface area (Å²) >= 11 is 1.33. The van der Waals surface area contributed by atoms with Crippen LogP contribution in [0.4, 0.5) is 0 Å². The topological polar surface area (TPSA) is 64.0 Å². The van der Waals surface area contributed by atoms with Gasteiger partial charge in [-0.2, -0.15) is 0 Å². The van der Waals surface area contributed by atoms with Gasteiger partial charge >= 0.3 is 0 Å². The number of carbonyl (C=O) groups is 1. The number of carbonyl (C=O) groups excluding carboxylic acids is 1. The smallest absolute Gasteiger partial charge is 0.262 e. The molecule has 1 aromatic heterocycles. The van der Waals surface area contributed by atoms with Gasteiger partial charge in [0.15, 0.2) is 5.16 Å². The highest BCUT2D eigenvalue weighted by Gasteiger charge is 2.29. The first-order valence-electron chi connectivity index (χ1n) is 10.00. The Labute approximate surface area is 170 Å². The molecule has 0 bridgehead atoms. The fraction of sp³-hybridized carbons (Fsp3) is 0.500. The van der Waals surface area contributed by atoms with Crippen molar-refractivity contribution < 1.29 is 4.79 Å². The van der Waals surface area contributed by atoms with Gasteiger partial charge in [0.1, 0.15) is 0 Å². The van der Waals surface area contributed by atoms with E-state index in [0.29, 0.717) is 34.4 Å². The summed E-state index contributed by atoms with van der Waals surface area (Å²) in [5.41, 5.74) is 0.549. The SMILES string of the molecule is C=CCn1c(S[C@H](C)C(=O)N[C@@H]2CCC[C@H](C)[C@H]2C)nc2ccccc2c1=O. The number of para-hydroxylation sites is 1. The van der Waals surface area contributed by atoms with Crippen molar-refractivity contribution in [2.75, 3.05) is 0 Å². The molecule has 1 amide bonds. The molecule has 0 spiro atoms. The number of thioether (sulfide) groups is 1. The van der Waals surface area contributed by atoms with Crippen LogP contribution in [-0.4, -0.2) is 26.8 Å². The molecule has 1 heterocycles. The van der Waals surface area contributed by atoms with Gasteiger partial charge in [-0.25, -0.2) is 4.98 Å². The van der Waals surface area contributed by atoms with Crippen molar-refractivity contribution >= 4 is 28.6 Å². The summed E-state index contributed by atoms with van der Waals surface area (Å²) in [6.45, 7) is 10.5. The number of nitrogens with one attached hydrogen (secondary N) is 1. The Kier molecular flexibility index (Phi) is 6.60. The summed E-state index contributed by atoms with van der Waals surface area (Å²) in [5.74, 6) is 1.11. The van der Waals surface area contributed by atoms with Crippen LogP contribution >= 0.6 is 11.8 Å². The van der Waals surface area contributed by atoms with Crippen LogP contribution in [0.1, 0.15) is 40.0 Å². The molecule has 0 aliphatic heterocycles. The van der Waals surface area contributed by atoms with Gasteiger partial charge in [0.05, 0.1) is 16.2 Å². The molecule has 4 atom stereocenters. The highest BCUT2D eigenvalue weighted by Crippen LogP contribution is 2.30. The van der Waals surface area contributed by atoms with Crippen LogP contribution in [0, 0.1) is 11.8 Å². The molecule has 1 fully saturated rings. The Morgan fingerprint density at radius 2 is 2.14 bits per heavy atom. The van der Waals surface area contributed by atoms with E-state index >= 15 is 0 Å². The zero-order valence-corrected chi connectivity index (χ0v) is 17.7. The molecule has 3 rings (SSSR count). The van der Waals surface area contributed by atoms with E-state index in [2.05, 4.69) is 30.7 Å². The zero-order chi connectivity index (χ0) is 20.3. The van der Waals surface area contributed by atoms with Gasteiger partial charge in [0.25, 0.3) is 5.56 Å². The number of amides is 1. The van der Waals surface area contributed by atoms with Crippen molar-refractivity contribution in [2.45, 2.75) is 63.0 Å². The number of hydrogen-bond donors (Lipinski definition) is 1. The molecule has 1 N–H and O–H groups in total. The predicted molar refractivity (Wildman–Crippen MR) is 116 cm³/mol. The molecule has 1 aromatic carbocycles. The van der Waals surface area contributed by atoms with Gasteiger partial charge in [-0.3, -0.25) is 14.2 Å². The first-order chi connectivity index (χ1) is 13.4. The van der Waals surface area contributed by atoms with Gasteiger partial charge in [-0.15, -0.1) is 6.58 Å². The largest absolute Gasteiger partial charge is 0.352 e. The van der Waals surface area contributed by atoms with E-state index in [4.69, 9.17) is 0 Å². The van der Waals surface area contributed by atoms with E-state index in [-0.39, 0.29) is 22.8 Å². The molecule has 150 valence electrons. The molecule has 2 aromatic rings. The van der Waals surface area contributed by atoms with E-state index < -0.39 is 0 Å². The maximum Gasteiger partial charge on any atom is 0.262 e. The average Bonchev–Trinajstić information content (AvgIpc) is 2.68. The number of benzene rings is 1. The van der Waals surface area contributed by atoms with E-state index in [1.807, 2.05) is 25.1 Å². The van der Waals surface area contributed by atoms with Gasteiger partial charge in [-0.1, -0.05) is 56.7 Å². The maximum absolute atomic E-state index is 12.8. The average molecular weight is 400 g/mol. The number of allylic oxidation sites excluding steroid dienone is 1. The van der Waals surface area contributed by atoms with E-state index in [9.17, 15) is 9.59 Å². The molecule has 5 nitrogen and oxygen atoms in total. The first-order valence-corrected chi connectivity index (χ1v) is 10.9. The highest BCUT2D eigenvalue weighted by atomic mass is 32.2. The first kappa shape index (κ1) is 20.6. The van der Waals surface area contributed by atoms with E-state index in [1.165, 1.54) is 18.2 Å². The summed E-state index contributed by atoms with van der Waals surface area (Å²) in [5, 5.41) is 4.02. The van der Waals surface area contributed by atoms with Crippen LogP contribution in [0.3, 0.4) is 0 Å². The second-order valence-corrected chi connectivity index (χ2v) is 9.07. The van der Waals surface area contributed by atoms with Gasteiger partial charge in [0, 0.05) is 12.6 Å². The lowest BCUT2D eigenvalue weighted by Gasteiger charge is -2.35.